The second-order valence-electron chi connectivity index (χ2n) is 3.04. The lowest BCUT2D eigenvalue weighted by atomic mass is 10.4. The number of hydrogen-bond donors (Lipinski definition) is 1. The number of furan rings is 1. The summed E-state index contributed by atoms with van der Waals surface area (Å²) >= 11 is 1.50. The van der Waals surface area contributed by atoms with Gasteiger partial charge in [0.25, 0.3) is 0 Å². The number of hydrogen-bond acceptors (Lipinski definition) is 3. The molecule has 0 aliphatic carbocycles. The van der Waals surface area contributed by atoms with Gasteiger partial charge >= 0.3 is 0 Å². The molecule has 16 heavy (non-hydrogen) atoms. The Kier molecular flexibility index (Phi) is 3.60. The minimum Gasteiger partial charge on any atom is -0.465 e. The number of allylic oxidation sites excluding steroid dienone is 1. The minimum absolute atomic E-state index is 0.0780. The van der Waals surface area contributed by atoms with E-state index in [1.807, 2.05) is 30.3 Å². The zero-order valence-corrected chi connectivity index (χ0v) is 9.33. The average Bonchev–Trinajstić information content (AvgIpc) is 2.95. The van der Waals surface area contributed by atoms with Gasteiger partial charge in [-0.15, -0.1) is 11.3 Å². The molecule has 0 spiro atoms. The normalized spacial score (nSPS) is 10.3. The highest BCUT2D eigenvalue weighted by Crippen LogP contribution is 2.14. The summed E-state index contributed by atoms with van der Waals surface area (Å²) in [6.07, 6.45) is 5.19. The SMILES string of the molecule is OCc1ccc(C#CC=Cc2ccco2)s1. The van der Waals surface area contributed by atoms with Crippen molar-refractivity contribution in [3.05, 3.63) is 52.1 Å². The molecule has 0 unspecified atom stereocenters. The van der Waals surface area contributed by atoms with E-state index >= 15 is 0 Å². The molecule has 80 valence electrons. The van der Waals surface area contributed by atoms with E-state index in [2.05, 4.69) is 11.8 Å². The van der Waals surface area contributed by atoms with Crippen molar-refractivity contribution in [3.63, 3.8) is 0 Å². The summed E-state index contributed by atoms with van der Waals surface area (Å²) in [6, 6.07) is 7.49. The van der Waals surface area contributed by atoms with Crippen molar-refractivity contribution in [2.45, 2.75) is 6.61 Å². The zero-order valence-electron chi connectivity index (χ0n) is 8.51. The van der Waals surface area contributed by atoms with Crippen LogP contribution in [0.15, 0.2) is 41.0 Å². The van der Waals surface area contributed by atoms with Gasteiger partial charge in [-0.3, -0.25) is 0 Å². The number of thiophene rings is 1. The summed E-state index contributed by atoms with van der Waals surface area (Å²) in [4.78, 5) is 1.88. The van der Waals surface area contributed by atoms with Gasteiger partial charge in [-0.1, -0.05) is 11.8 Å². The molecule has 0 saturated heterocycles. The molecule has 0 aliphatic rings. The fraction of sp³-hybridized carbons (Fsp3) is 0.0769. The van der Waals surface area contributed by atoms with E-state index in [0.29, 0.717) is 0 Å². The fourth-order valence-electron chi connectivity index (χ4n) is 1.15. The summed E-state index contributed by atoms with van der Waals surface area (Å²) in [5.74, 6) is 6.69. The maximum Gasteiger partial charge on any atom is 0.127 e. The summed E-state index contributed by atoms with van der Waals surface area (Å²) in [5, 5.41) is 8.88. The molecule has 1 N–H and O–H groups in total. The molecule has 0 radical (unpaired) electrons. The summed E-state index contributed by atoms with van der Waals surface area (Å²) in [6.45, 7) is 0.0780. The molecule has 0 bridgehead atoms. The highest BCUT2D eigenvalue weighted by Gasteiger charge is 1.93. The quantitative estimate of drug-likeness (QED) is 0.805. The monoisotopic (exact) mass is 230 g/mol. The van der Waals surface area contributed by atoms with Crippen molar-refractivity contribution in [1.82, 2.24) is 0 Å². The predicted molar refractivity (Wildman–Crippen MR) is 64.9 cm³/mol. The summed E-state index contributed by atoms with van der Waals surface area (Å²) in [7, 11) is 0. The maximum absolute atomic E-state index is 8.88. The standard InChI is InChI=1S/C13H10O2S/c14-10-13-8-7-12(16-13)6-2-1-4-11-5-3-9-15-11/h1,3-5,7-9,14H,10H2. The van der Waals surface area contributed by atoms with Crippen LogP contribution in [0.1, 0.15) is 15.5 Å². The third-order valence-electron chi connectivity index (χ3n) is 1.89. The van der Waals surface area contributed by atoms with Gasteiger partial charge in [0.2, 0.25) is 0 Å². The lowest BCUT2D eigenvalue weighted by molar-refractivity contribution is 0.285. The lowest BCUT2D eigenvalue weighted by Gasteiger charge is -1.81. The minimum atomic E-state index is 0.0780. The van der Waals surface area contributed by atoms with Gasteiger partial charge in [0.05, 0.1) is 17.7 Å². The summed E-state index contributed by atoms with van der Waals surface area (Å²) < 4.78 is 5.12. The van der Waals surface area contributed by atoms with Crippen LogP contribution < -0.4 is 0 Å². The Morgan fingerprint density at radius 2 is 2.31 bits per heavy atom. The van der Waals surface area contributed by atoms with Crippen molar-refractivity contribution >= 4 is 17.4 Å². The molecule has 0 fully saturated rings. The van der Waals surface area contributed by atoms with Gasteiger partial charge in [0.1, 0.15) is 5.76 Å². The van der Waals surface area contributed by atoms with E-state index in [9.17, 15) is 0 Å². The van der Waals surface area contributed by atoms with Crippen LogP contribution in [0.2, 0.25) is 0 Å². The second-order valence-corrected chi connectivity index (χ2v) is 4.21. The van der Waals surface area contributed by atoms with Gasteiger partial charge < -0.3 is 9.52 Å². The first-order valence-corrected chi connectivity index (χ1v) is 5.61. The topological polar surface area (TPSA) is 33.4 Å². The van der Waals surface area contributed by atoms with E-state index in [1.54, 1.807) is 12.3 Å². The first-order chi connectivity index (χ1) is 7.88. The lowest BCUT2D eigenvalue weighted by Crippen LogP contribution is -1.69. The highest BCUT2D eigenvalue weighted by molar-refractivity contribution is 7.12. The molecule has 2 rings (SSSR count). The molecule has 0 saturated carbocycles. The van der Waals surface area contributed by atoms with E-state index < -0.39 is 0 Å². The van der Waals surface area contributed by atoms with Crippen molar-refractivity contribution in [2.24, 2.45) is 0 Å². The molecule has 2 nitrogen and oxygen atoms in total. The Labute approximate surface area is 97.9 Å². The van der Waals surface area contributed by atoms with Crippen LogP contribution in [0, 0.1) is 11.8 Å². The molecule has 3 heteroatoms. The van der Waals surface area contributed by atoms with Gasteiger partial charge in [-0.25, -0.2) is 0 Å². The first kappa shape index (κ1) is 10.7. The molecular weight excluding hydrogens is 220 g/mol. The Morgan fingerprint density at radius 1 is 1.38 bits per heavy atom. The predicted octanol–water partition coefficient (Wildman–Crippen LogP) is 2.90. The van der Waals surface area contributed by atoms with Gasteiger partial charge in [0.15, 0.2) is 0 Å². The highest BCUT2D eigenvalue weighted by atomic mass is 32.1. The van der Waals surface area contributed by atoms with Crippen LogP contribution in [0.5, 0.6) is 0 Å². The fourth-order valence-corrected chi connectivity index (χ4v) is 1.88. The molecular formula is C13H10O2S. The van der Waals surface area contributed by atoms with E-state index in [1.165, 1.54) is 11.3 Å². The summed E-state index contributed by atoms with van der Waals surface area (Å²) in [5.41, 5.74) is 0. The van der Waals surface area contributed by atoms with Crippen LogP contribution in [-0.2, 0) is 6.61 Å². The number of aliphatic hydroxyl groups excluding tert-OH is 1. The van der Waals surface area contributed by atoms with Crippen molar-refractivity contribution < 1.29 is 9.52 Å². The van der Waals surface area contributed by atoms with Gasteiger partial charge in [0, 0.05) is 4.88 Å². The smallest absolute Gasteiger partial charge is 0.127 e. The largest absolute Gasteiger partial charge is 0.465 e. The van der Waals surface area contributed by atoms with Crippen LogP contribution in [-0.4, -0.2) is 5.11 Å². The van der Waals surface area contributed by atoms with E-state index in [4.69, 9.17) is 9.52 Å². The Balaban J connectivity index is 2.00. The van der Waals surface area contributed by atoms with Crippen molar-refractivity contribution in [3.8, 4) is 11.8 Å². The van der Waals surface area contributed by atoms with Gasteiger partial charge in [-0.05, 0) is 36.4 Å². The Morgan fingerprint density at radius 3 is 3.00 bits per heavy atom. The Bertz CT molecular complexity index is 524. The van der Waals surface area contributed by atoms with Crippen molar-refractivity contribution in [1.29, 1.82) is 0 Å². The molecule has 0 atom stereocenters. The molecule has 2 heterocycles. The van der Waals surface area contributed by atoms with E-state index in [0.717, 1.165) is 15.5 Å². The van der Waals surface area contributed by atoms with Crippen LogP contribution >= 0.6 is 11.3 Å². The van der Waals surface area contributed by atoms with E-state index in [-0.39, 0.29) is 6.61 Å². The maximum atomic E-state index is 8.88. The second kappa shape index (κ2) is 5.36. The molecule has 0 amide bonds. The molecule has 0 aliphatic heterocycles. The van der Waals surface area contributed by atoms with Gasteiger partial charge in [-0.2, -0.15) is 0 Å². The van der Waals surface area contributed by atoms with Crippen LogP contribution in [0.3, 0.4) is 0 Å². The molecule has 2 aromatic heterocycles. The van der Waals surface area contributed by atoms with Crippen molar-refractivity contribution in [2.75, 3.05) is 0 Å². The number of aliphatic hydroxyl groups is 1. The third kappa shape index (κ3) is 2.86. The zero-order chi connectivity index (χ0) is 11.2. The van der Waals surface area contributed by atoms with Crippen LogP contribution in [0.4, 0.5) is 0 Å². The first-order valence-electron chi connectivity index (χ1n) is 4.79. The molecule has 2 aromatic rings. The van der Waals surface area contributed by atoms with Crippen LogP contribution in [0.25, 0.3) is 6.08 Å². The third-order valence-corrected chi connectivity index (χ3v) is 2.87. The average molecular weight is 230 g/mol. The Hall–Kier alpha value is -1.76. The number of rotatable bonds is 2. The molecule has 0 aromatic carbocycles.